The Morgan fingerprint density at radius 2 is 2.14 bits per heavy atom. The summed E-state index contributed by atoms with van der Waals surface area (Å²) >= 11 is 0. The van der Waals surface area contributed by atoms with Gasteiger partial charge in [0, 0.05) is 26.0 Å². The van der Waals surface area contributed by atoms with Crippen LogP contribution in [0.2, 0.25) is 0 Å². The summed E-state index contributed by atoms with van der Waals surface area (Å²) in [5, 5.41) is 17.9. The largest absolute Gasteiger partial charge is 0.460 e. The zero-order valence-electron chi connectivity index (χ0n) is 13.4. The Labute approximate surface area is 125 Å². The standard InChI is InChI=1S/C15H25N3O3/c1-9(19)21-13-7-10(6-12(13)20)11-8-14(16-5)18(17-11)15(2,3)4/h8,10,12-13,16,20H,6-7H2,1-5H3/t10-,12-,13-/m1/s1. The third-order valence-electron chi connectivity index (χ3n) is 3.83. The van der Waals surface area contributed by atoms with Gasteiger partial charge in [0.25, 0.3) is 0 Å². The molecule has 6 nitrogen and oxygen atoms in total. The second kappa shape index (κ2) is 5.67. The molecule has 0 spiro atoms. The summed E-state index contributed by atoms with van der Waals surface area (Å²) in [6.45, 7) is 7.65. The van der Waals surface area contributed by atoms with Gasteiger partial charge in [-0.25, -0.2) is 4.68 Å². The molecule has 118 valence electrons. The number of hydrogen-bond acceptors (Lipinski definition) is 5. The van der Waals surface area contributed by atoms with Crippen LogP contribution in [0.1, 0.15) is 52.1 Å². The first kappa shape index (κ1) is 15.8. The molecule has 0 aliphatic heterocycles. The smallest absolute Gasteiger partial charge is 0.302 e. The van der Waals surface area contributed by atoms with Crippen molar-refractivity contribution in [2.75, 3.05) is 12.4 Å². The van der Waals surface area contributed by atoms with E-state index in [0.29, 0.717) is 12.8 Å². The maximum Gasteiger partial charge on any atom is 0.302 e. The molecule has 0 aromatic carbocycles. The number of esters is 1. The fraction of sp³-hybridized carbons (Fsp3) is 0.733. The van der Waals surface area contributed by atoms with Gasteiger partial charge in [-0.15, -0.1) is 0 Å². The molecule has 0 radical (unpaired) electrons. The second-order valence-electron chi connectivity index (χ2n) is 6.67. The lowest BCUT2D eigenvalue weighted by atomic mass is 10.0. The molecule has 1 fully saturated rings. The van der Waals surface area contributed by atoms with Gasteiger partial charge in [-0.05, 0) is 33.6 Å². The summed E-state index contributed by atoms with van der Waals surface area (Å²) in [7, 11) is 1.87. The first-order valence-corrected chi connectivity index (χ1v) is 7.36. The Balaban J connectivity index is 2.20. The molecule has 1 aliphatic carbocycles. The van der Waals surface area contributed by atoms with E-state index in [4.69, 9.17) is 4.74 Å². The van der Waals surface area contributed by atoms with Gasteiger partial charge >= 0.3 is 5.97 Å². The summed E-state index contributed by atoms with van der Waals surface area (Å²) in [4.78, 5) is 11.1. The van der Waals surface area contributed by atoms with Crippen molar-refractivity contribution in [1.29, 1.82) is 0 Å². The number of aliphatic hydroxyl groups is 1. The molecule has 2 N–H and O–H groups in total. The number of nitrogens with zero attached hydrogens (tertiary/aromatic N) is 2. The topological polar surface area (TPSA) is 76.4 Å². The molecule has 0 bridgehead atoms. The highest BCUT2D eigenvalue weighted by atomic mass is 16.6. The number of aromatic nitrogens is 2. The summed E-state index contributed by atoms with van der Waals surface area (Å²) < 4.78 is 7.12. The molecular formula is C15H25N3O3. The highest BCUT2D eigenvalue weighted by Gasteiger charge is 2.37. The number of aliphatic hydroxyl groups excluding tert-OH is 1. The second-order valence-corrected chi connectivity index (χ2v) is 6.67. The van der Waals surface area contributed by atoms with Crippen LogP contribution in [0.25, 0.3) is 0 Å². The number of anilines is 1. The zero-order valence-corrected chi connectivity index (χ0v) is 13.4. The van der Waals surface area contributed by atoms with Gasteiger partial charge in [0.05, 0.1) is 17.3 Å². The average Bonchev–Trinajstić information content (AvgIpc) is 2.92. The Morgan fingerprint density at radius 1 is 1.48 bits per heavy atom. The lowest BCUT2D eigenvalue weighted by Gasteiger charge is -2.22. The Bertz CT molecular complexity index is 519. The first-order chi connectivity index (χ1) is 9.72. The average molecular weight is 295 g/mol. The third-order valence-corrected chi connectivity index (χ3v) is 3.83. The number of nitrogens with one attached hydrogen (secondary N) is 1. The van der Waals surface area contributed by atoms with Crippen LogP contribution in [0.3, 0.4) is 0 Å². The van der Waals surface area contributed by atoms with Crippen molar-refractivity contribution in [2.24, 2.45) is 0 Å². The fourth-order valence-electron chi connectivity index (χ4n) is 2.85. The minimum Gasteiger partial charge on any atom is -0.460 e. The van der Waals surface area contributed by atoms with Crippen LogP contribution >= 0.6 is 0 Å². The Morgan fingerprint density at radius 3 is 2.62 bits per heavy atom. The summed E-state index contributed by atoms with van der Waals surface area (Å²) in [6.07, 6.45) is 0.148. The molecule has 1 aromatic rings. The van der Waals surface area contributed by atoms with E-state index in [9.17, 15) is 9.90 Å². The van der Waals surface area contributed by atoms with Gasteiger partial charge < -0.3 is 15.2 Å². The van der Waals surface area contributed by atoms with Crippen LogP contribution < -0.4 is 5.32 Å². The molecule has 0 unspecified atom stereocenters. The van der Waals surface area contributed by atoms with Gasteiger partial charge in [-0.3, -0.25) is 4.79 Å². The summed E-state index contributed by atoms with van der Waals surface area (Å²) in [6, 6.07) is 2.01. The number of carbonyl (C=O) groups is 1. The quantitative estimate of drug-likeness (QED) is 0.832. The first-order valence-electron chi connectivity index (χ1n) is 7.36. The Hall–Kier alpha value is -1.56. The molecular weight excluding hydrogens is 270 g/mol. The monoisotopic (exact) mass is 295 g/mol. The molecule has 0 saturated heterocycles. The van der Waals surface area contributed by atoms with Crippen molar-refractivity contribution in [1.82, 2.24) is 9.78 Å². The number of hydrogen-bond donors (Lipinski definition) is 2. The fourth-order valence-corrected chi connectivity index (χ4v) is 2.85. The van der Waals surface area contributed by atoms with Crippen LogP contribution in [0.4, 0.5) is 5.82 Å². The molecule has 2 rings (SSSR count). The van der Waals surface area contributed by atoms with Gasteiger partial charge in [0.2, 0.25) is 0 Å². The maximum atomic E-state index is 11.1. The predicted molar refractivity (Wildman–Crippen MR) is 80.3 cm³/mol. The number of carbonyl (C=O) groups excluding carboxylic acids is 1. The van der Waals surface area contributed by atoms with Crippen LogP contribution in [0.15, 0.2) is 6.07 Å². The summed E-state index contributed by atoms with van der Waals surface area (Å²) in [5.74, 6) is 0.707. The van der Waals surface area contributed by atoms with Crippen molar-refractivity contribution in [3.63, 3.8) is 0 Å². The molecule has 0 amide bonds. The van der Waals surface area contributed by atoms with E-state index in [1.54, 1.807) is 0 Å². The van der Waals surface area contributed by atoms with Gasteiger partial charge in [-0.1, -0.05) is 0 Å². The van der Waals surface area contributed by atoms with E-state index in [1.807, 2.05) is 17.8 Å². The molecule has 1 aromatic heterocycles. The van der Waals surface area contributed by atoms with Crippen molar-refractivity contribution in [3.05, 3.63) is 11.8 Å². The van der Waals surface area contributed by atoms with Crippen molar-refractivity contribution >= 4 is 11.8 Å². The molecule has 6 heteroatoms. The normalized spacial score (nSPS) is 25.9. The van der Waals surface area contributed by atoms with Gasteiger partial charge in [0.15, 0.2) is 0 Å². The van der Waals surface area contributed by atoms with E-state index >= 15 is 0 Å². The minimum absolute atomic E-state index is 0.111. The van der Waals surface area contributed by atoms with Gasteiger partial charge in [0.1, 0.15) is 11.9 Å². The summed E-state index contributed by atoms with van der Waals surface area (Å²) in [5.41, 5.74) is 0.811. The molecule has 21 heavy (non-hydrogen) atoms. The maximum absolute atomic E-state index is 11.1. The highest BCUT2D eigenvalue weighted by molar-refractivity contribution is 5.66. The van der Waals surface area contributed by atoms with Crippen LogP contribution in [-0.4, -0.2) is 40.1 Å². The van der Waals surface area contributed by atoms with Crippen LogP contribution in [-0.2, 0) is 15.1 Å². The van der Waals surface area contributed by atoms with Crippen LogP contribution in [0, 0.1) is 0 Å². The van der Waals surface area contributed by atoms with Crippen LogP contribution in [0.5, 0.6) is 0 Å². The van der Waals surface area contributed by atoms with E-state index in [0.717, 1.165) is 11.5 Å². The molecule has 3 atom stereocenters. The van der Waals surface area contributed by atoms with Crippen molar-refractivity contribution < 1.29 is 14.6 Å². The van der Waals surface area contributed by atoms with E-state index in [-0.39, 0.29) is 17.4 Å². The van der Waals surface area contributed by atoms with E-state index < -0.39 is 12.2 Å². The van der Waals surface area contributed by atoms with Gasteiger partial charge in [-0.2, -0.15) is 5.10 Å². The number of ether oxygens (including phenoxy) is 1. The lowest BCUT2D eigenvalue weighted by molar-refractivity contribution is -0.150. The minimum atomic E-state index is -0.614. The highest BCUT2D eigenvalue weighted by Crippen LogP contribution is 2.37. The lowest BCUT2D eigenvalue weighted by Crippen LogP contribution is -2.24. The Kier molecular flexibility index (Phi) is 4.27. The number of rotatable bonds is 3. The van der Waals surface area contributed by atoms with E-state index in [1.165, 1.54) is 6.92 Å². The van der Waals surface area contributed by atoms with E-state index in [2.05, 4.69) is 31.2 Å². The predicted octanol–water partition coefficient (Wildman–Crippen LogP) is 1.85. The SMILES string of the molecule is CNc1cc([C@@H]2C[C@@H](O)[C@H](OC(C)=O)C2)nn1C(C)(C)C. The van der Waals surface area contributed by atoms with Crippen molar-refractivity contribution in [2.45, 2.75) is 64.2 Å². The third kappa shape index (κ3) is 3.37. The van der Waals surface area contributed by atoms with Crippen molar-refractivity contribution in [3.8, 4) is 0 Å². The molecule has 1 aliphatic rings. The zero-order chi connectivity index (χ0) is 15.8. The molecule has 1 heterocycles. The molecule has 1 saturated carbocycles.